The third kappa shape index (κ3) is 2.87. The molecule has 1 unspecified atom stereocenters. The summed E-state index contributed by atoms with van der Waals surface area (Å²) < 4.78 is 40.5. The van der Waals surface area contributed by atoms with E-state index in [2.05, 4.69) is 4.98 Å². The molecule has 8 heteroatoms. The first-order chi connectivity index (χ1) is 13.4. The van der Waals surface area contributed by atoms with Crippen LogP contribution in [0.2, 0.25) is 0 Å². The number of rotatable bonds is 2. The second-order valence-electron chi connectivity index (χ2n) is 7.30. The molecule has 0 saturated carbocycles. The lowest BCUT2D eigenvalue weighted by atomic mass is 10.00. The van der Waals surface area contributed by atoms with Crippen LogP contribution in [0.1, 0.15) is 23.8 Å². The summed E-state index contributed by atoms with van der Waals surface area (Å²) in [5.74, 6) is -0.211. The topological polar surface area (TPSA) is 63.2 Å². The van der Waals surface area contributed by atoms with Crippen LogP contribution in [0, 0.1) is 5.82 Å². The number of pyridine rings is 1. The van der Waals surface area contributed by atoms with Crippen molar-refractivity contribution in [1.29, 1.82) is 0 Å². The predicted molar refractivity (Wildman–Crippen MR) is 111 cm³/mol. The molecule has 0 spiro atoms. The third-order valence-electron chi connectivity index (χ3n) is 5.44. The first kappa shape index (κ1) is 17.9. The zero-order valence-corrected chi connectivity index (χ0v) is 16.9. The number of nitrogens with zero attached hydrogens (tertiary/aromatic N) is 3. The fraction of sp³-hybridized carbons (Fsp3) is 0.300. The van der Waals surface area contributed by atoms with Gasteiger partial charge in [0.25, 0.3) is 0 Å². The lowest BCUT2D eigenvalue weighted by Gasteiger charge is -2.29. The largest absolute Gasteiger partial charge is 0.264 e. The van der Waals surface area contributed by atoms with E-state index in [9.17, 15) is 12.8 Å². The molecule has 1 aliphatic heterocycles. The van der Waals surface area contributed by atoms with E-state index in [1.807, 2.05) is 6.07 Å². The molecule has 0 amide bonds. The minimum Gasteiger partial charge on any atom is -0.264 e. The number of fused-ring (bicyclic) bond motifs is 6. The van der Waals surface area contributed by atoms with Gasteiger partial charge in [0, 0.05) is 47.6 Å². The molecule has 5 rings (SSSR count). The van der Waals surface area contributed by atoms with Crippen LogP contribution in [-0.2, 0) is 10.0 Å². The fourth-order valence-corrected chi connectivity index (χ4v) is 6.23. The van der Waals surface area contributed by atoms with Gasteiger partial charge in [-0.15, -0.1) is 11.3 Å². The van der Waals surface area contributed by atoms with Crippen LogP contribution < -0.4 is 0 Å². The van der Waals surface area contributed by atoms with Crippen molar-refractivity contribution < 1.29 is 12.8 Å². The number of thiazole rings is 1. The number of halogens is 1. The molecule has 4 aromatic rings. The lowest BCUT2D eigenvalue weighted by molar-refractivity contribution is 0.317. The average molecular weight is 416 g/mol. The average Bonchev–Trinajstić information content (AvgIpc) is 3.13. The molecule has 1 fully saturated rings. The maximum atomic E-state index is 13.9. The Hall–Kier alpha value is -2.16. The third-order valence-corrected chi connectivity index (χ3v) is 7.96. The molecule has 2 aromatic carbocycles. The lowest BCUT2D eigenvalue weighted by Crippen LogP contribution is -2.38. The quantitative estimate of drug-likeness (QED) is 0.459. The first-order valence-corrected chi connectivity index (χ1v) is 11.8. The number of piperidine rings is 1. The van der Waals surface area contributed by atoms with Gasteiger partial charge in [-0.05, 0) is 42.5 Å². The molecular formula is C20H18FN3O2S2. The van der Waals surface area contributed by atoms with Gasteiger partial charge in [-0.25, -0.2) is 22.1 Å². The summed E-state index contributed by atoms with van der Waals surface area (Å²) in [5.41, 5.74) is 0.852. The van der Waals surface area contributed by atoms with Crippen molar-refractivity contribution in [3.05, 3.63) is 47.5 Å². The molecule has 0 aliphatic carbocycles. The highest BCUT2D eigenvalue weighted by Gasteiger charge is 2.29. The van der Waals surface area contributed by atoms with E-state index in [1.54, 1.807) is 34.1 Å². The SMILES string of the molecule is CS(=O)(=O)N1CCCC(c2nc3c4ccc(F)cc4c4cnccc4c3s2)C1. The standard InChI is InChI=1S/C20H18FN3O2S2/c1-28(25,26)24-8-2-3-12(11-24)20-23-18-14-5-4-13(21)9-16(14)17-10-22-7-6-15(17)19(18)27-20/h4-7,9-10,12H,2-3,8,11H2,1H3. The fourth-order valence-electron chi connectivity index (χ4n) is 4.07. The number of aromatic nitrogens is 2. The van der Waals surface area contributed by atoms with E-state index in [4.69, 9.17) is 4.98 Å². The number of benzene rings is 2. The second kappa shape index (κ2) is 6.43. The molecule has 1 aliphatic rings. The summed E-state index contributed by atoms with van der Waals surface area (Å²) >= 11 is 1.61. The summed E-state index contributed by atoms with van der Waals surface area (Å²) in [6, 6.07) is 6.69. The van der Waals surface area contributed by atoms with Crippen molar-refractivity contribution >= 4 is 53.1 Å². The maximum absolute atomic E-state index is 13.9. The molecule has 0 radical (unpaired) electrons. The zero-order valence-electron chi connectivity index (χ0n) is 15.2. The zero-order chi connectivity index (χ0) is 19.5. The van der Waals surface area contributed by atoms with Gasteiger partial charge in [0.05, 0.1) is 21.5 Å². The van der Waals surface area contributed by atoms with Crippen LogP contribution >= 0.6 is 11.3 Å². The molecule has 2 aromatic heterocycles. The maximum Gasteiger partial charge on any atom is 0.211 e. The normalized spacial score (nSPS) is 19.0. The van der Waals surface area contributed by atoms with Crippen molar-refractivity contribution in [3.8, 4) is 0 Å². The Morgan fingerprint density at radius 1 is 1.18 bits per heavy atom. The van der Waals surface area contributed by atoms with Crippen LogP contribution in [-0.4, -0.2) is 42.0 Å². The van der Waals surface area contributed by atoms with E-state index in [0.717, 1.165) is 49.6 Å². The van der Waals surface area contributed by atoms with Crippen LogP contribution in [0.25, 0.3) is 31.8 Å². The summed E-state index contributed by atoms with van der Waals surface area (Å²) in [4.78, 5) is 9.14. The van der Waals surface area contributed by atoms with E-state index >= 15 is 0 Å². The molecule has 28 heavy (non-hydrogen) atoms. The summed E-state index contributed by atoms with van der Waals surface area (Å²) in [5, 5.41) is 4.55. The van der Waals surface area contributed by atoms with E-state index in [0.29, 0.717) is 13.1 Å². The van der Waals surface area contributed by atoms with Gasteiger partial charge in [0.2, 0.25) is 10.0 Å². The molecular weight excluding hydrogens is 397 g/mol. The van der Waals surface area contributed by atoms with Crippen molar-refractivity contribution in [2.24, 2.45) is 0 Å². The second-order valence-corrected chi connectivity index (χ2v) is 10.3. The van der Waals surface area contributed by atoms with Crippen molar-refractivity contribution in [3.63, 3.8) is 0 Å². The van der Waals surface area contributed by atoms with E-state index in [-0.39, 0.29) is 11.7 Å². The van der Waals surface area contributed by atoms with Crippen molar-refractivity contribution in [2.75, 3.05) is 19.3 Å². The summed E-state index contributed by atoms with van der Waals surface area (Å²) in [7, 11) is -3.21. The molecule has 1 saturated heterocycles. The Morgan fingerprint density at radius 3 is 2.86 bits per heavy atom. The Labute approximate surface area is 165 Å². The minimum absolute atomic E-state index is 0.0771. The number of hydrogen-bond donors (Lipinski definition) is 0. The highest BCUT2D eigenvalue weighted by Crippen LogP contribution is 2.41. The van der Waals surface area contributed by atoms with Gasteiger partial charge in [0.15, 0.2) is 0 Å². The molecule has 5 nitrogen and oxygen atoms in total. The molecule has 0 N–H and O–H groups in total. The van der Waals surface area contributed by atoms with Gasteiger partial charge in [-0.3, -0.25) is 4.98 Å². The highest BCUT2D eigenvalue weighted by atomic mass is 32.2. The van der Waals surface area contributed by atoms with Gasteiger partial charge in [-0.1, -0.05) is 0 Å². The molecule has 0 bridgehead atoms. The van der Waals surface area contributed by atoms with Gasteiger partial charge >= 0.3 is 0 Å². The van der Waals surface area contributed by atoms with Crippen LogP contribution in [0.15, 0.2) is 36.7 Å². The Morgan fingerprint density at radius 2 is 2.04 bits per heavy atom. The predicted octanol–water partition coefficient (Wildman–Crippen LogP) is 4.28. The minimum atomic E-state index is -3.21. The Kier molecular flexibility index (Phi) is 4.12. The van der Waals surface area contributed by atoms with Crippen molar-refractivity contribution in [1.82, 2.24) is 14.3 Å². The molecule has 3 heterocycles. The summed E-state index contributed by atoms with van der Waals surface area (Å²) in [6.07, 6.45) is 6.50. The Balaban J connectivity index is 1.73. The van der Waals surface area contributed by atoms with Crippen molar-refractivity contribution in [2.45, 2.75) is 18.8 Å². The van der Waals surface area contributed by atoms with E-state index in [1.165, 1.54) is 18.4 Å². The highest BCUT2D eigenvalue weighted by molar-refractivity contribution is 7.88. The van der Waals surface area contributed by atoms with Gasteiger partial charge in [-0.2, -0.15) is 0 Å². The number of sulfonamides is 1. The summed E-state index contributed by atoms with van der Waals surface area (Å²) in [6.45, 7) is 1.03. The monoisotopic (exact) mass is 415 g/mol. The Bertz CT molecular complexity index is 1330. The van der Waals surface area contributed by atoms with Crippen LogP contribution in [0.4, 0.5) is 4.39 Å². The molecule has 144 valence electrons. The van der Waals surface area contributed by atoms with E-state index < -0.39 is 10.0 Å². The van der Waals surface area contributed by atoms with Crippen LogP contribution in [0.5, 0.6) is 0 Å². The number of hydrogen-bond acceptors (Lipinski definition) is 5. The van der Waals surface area contributed by atoms with Crippen LogP contribution in [0.3, 0.4) is 0 Å². The smallest absolute Gasteiger partial charge is 0.211 e. The molecule has 1 atom stereocenters. The van der Waals surface area contributed by atoms with Gasteiger partial charge < -0.3 is 0 Å². The first-order valence-electron chi connectivity index (χ1n) is 9.12. The van der Waals surface area contributed by atoms with Gasteiger partial charge in [0.1, 0.15) is 5.82 Å².